The molecule has 1 aliphatic heterocycles. The number of halogens is 1. The van der Waals surface area contributed by atoms with Crippen molar-refractivity contribution in [3.63, 3.8) is 0 Å². The van der Waals surface area contributed by atoms with Crippen molar-refractivity contribution < 1.29 is 19.1 Å². The van der Waals surface area contributed by atoms with Gasteiger partial charge >= 0.3 is 0 Å². The standard InChI is InChI=1S/C18H25FN2O3/c1-2-16(13-22)20-9-11-21(12-10-20)18(24)8-7-17(23)14-3-5-15(19)6-4-14/h3-6,16,22H,2,7-13H2,1H3. The highest BCUT2D eigenvalue weighted by Crippen LogP contribution is 2.12. The monoisotopic (exact) mass is 336 g/mol. The van der Waals surface area contributed by atoms with E-state index >= 15 is 0 Å². The average molecular weight is 336 g/mol. The fourth-order valence-electron chi connectivity index (χ4n) is 3.00. The highest BCUT2D eigenvalue weighted by molar-refractivity contribution is 5.97. The number of nitrogens with zero attached hydrogens (tertiary/aromatic N) is 2. The molecule has 0 saturated carbocycles. The maximum Gasteiger partial charge on any atom is 0.223 e. The minimum absolute atomic E-state index is 0.0258. The lowest BCUT2D eigenvalue weighted by Crippen LogP contribution is -2.52. The quantitative estimate of drug-likeness (QED) is 0.770. The van der Waals surface area contributed by atoms with Crippen LogP contribution in [0.4, 0.5) is 4.39 Å². The van der Waals surface area contributed by atoms with E-state index in [4.69, 9.17) is 0 Å². The number of rotatable bonds is 7. The molecule has 5 nitrogen and oxygen atoms in total. The summed E-state index contributed by atoms with van der Waals surface area (Å²) in [5.41, 5.74) is 0.433. The fourth-order valence-corrected chi connectivity index (χ4v) is 3.00. The number of Topliss-reactive ketones (excluding diaryl/α,β-unsaturated/α-hetero) is 1. The van der Waals surface area contributed by atoms with Gasteiger partial charge in [-0.2, -0.15) is 0 Å². The molecule has 1 aliphatic rings. The van der Waals surface area contributed by atoms with Crippen molar-refractivity contribution in [3.05, 3.63) is 35.6 Å². The summed E-state index contributed by atoms with van der Waals surface area (Å²) in [6.07, 6.45) is 1.20. The van der Waals surface area contributed by atoms with Gasteiger partial charge in [-0.05, 0) is 30.7 Å². The molecule has 1 fully saturated rings. The van der Waals surface area contributed by atoms with E-state index in [0.29, 0.717) is 18.7 Å². The Morgan fingerprint density at radius 3 is 2.29 bits per heavy atom. The Balaban J connectivity index is 1.77. The largest absolute Gasteiger partial charge is 0.395 e. The lowest BCUT2D eigenvalue weighted by atomic mass is 10.1. The fraction of sp³-hybridized carbons (Fsp3) is 0.556. The summed E-state index contributed by atoms with van der Waals surface area (Å²) in [7, 11) is 0. The number of piperazine rings is 1. The maximum atomic E-state index is 12.9. The third kappa shape index (κ3) is 4.85. The average Bonchev–Trinajstić information content (AvgIpc) is 2.61. The van der Waals surface area contributed by atoms with Gasteiger partial charge in [-0.15, -0.1) is 0 Å². The van der Waals surface area contributed by atoms with Crippen molar-refractivity contribution in [2.24, 2.45) is 0 Å². The van der Waals surface area contributed by atoms with Gasteiger partial charge in [-0.1, -0.05) is 6.92 Å². The van der Waals surface area contributed by atoms with Gasteiger partial charge in [0.15, 0.2) is 5.78 Å². The number of hydrogen-bond acceptors (Lipinski definition) is 4. The molecule has 1 N–H and O–H groups in total. The Bertz CT molecular complexity index is 550. The predicted molar refractivity (Wildman–Crippen MR) is 89.3 cm³/mol. The van der Waals surface area contributed by atoms with E-state index < -0.39 is 0 Å². The highest BCUT2D eigenvalue weighted by Gasteiger charge is 2.25. The van der Waals surface area contributed by atoms with Crippen LogP contribution in [0.1, 0.15) is 36.5 Å². The Morgan fingerprint density at radius 1 is 1.12 bits per heavy atom. The van der Waals surface area contributed by atoms with Crippen molar-refractivity contribution >= 4 is 11.7 Å². The number of benzene rings is 1. The van der Waals surface area contributed by atoms with Gasteiger partial charge in [0.1, 0.15) is 5.82 Å². The molecule has 132 valence electrons. The molecule has 24 heavy (non-hydrogen) atoms. The van der Waals surface area contributed by atoms with Crippen LogP contribution >= 0.6 is 0 Å². The molecule has 1 heterocycles. The summed E-state index contributed by atoms with van der Waals surface area (Å²) >= 11 is 0. The first-order valence-electron chi connectivity index (χ1n) is 8.46. The van der Waals surface area contributed by atoms with Crippen molar-refractivity contribution in [1.82, 2.24) is 9.80 Å². The van der Waals surface area contributed by atoms with E-state index in [1.807, 2.05) is 6.92 Å². The summed E-state index contributed by atoms with van der Waals surface area (Å²) < 4.78 is 12.9. The number of carbonyl (C=O) groups is 2. The van der Waals surface area contributed by atoms with Crippen LogP contribution in [0.5, 0.6) is 0 Å². The van der Waals surface area contributed by atoms with Crippen molar-refractivity contribution in [3.8, 4) is 0 Å². The second-order valence-electron chi connectivity index (χ2n) is 6.09. The van der Waals surface area contributed by atoms with Crippen LogP contribution in [0.2, 0.25) is 0 Å². The van der Waals surface area contributed by atoms with Gasteiger partial charge in [0.25, 0.3) is 0 Å². The number of carbonyl (C=O) groups excluding carboxylic acids is 2. The topological polar surface area (TPSA) is 60.9 Å². The van der Waals surface area contributed by atoms with Crippen molar-refractivity contribution in [2.45, 2.75) is 32.2 Å². The first-order chi connectivity index (χ1) is 11.5. The molecule has 0 spiro atoms. The summed E-state index contributed by atoms with van der Waals surface area (Å²) in [5.74, 6) is -0.552. The molecular weight excluding hydrogens is 311 g/mol. The Labute approximate surface area is 142 Å². The summed E-state index contributed by atoms with van der Waals surface area (Å²) in [6, 6.07) is 5.54. The van der Waals surface area contributed by atoms with Gasteiger partial charge in [-0.25, -0.2) is 4.39 Å². The predicted octanol–water partition coefficient (Wildman–Crippen LogP) is 1.70. The zero-order valence-corrected chi connectivity index (χ0v) is 14.1. The lowest BCUT2D eigenvalue weighted by molar-refractivity contribution is -0.133. The first-order valence-corrected chi connectivity index (χ1v) is 8.46. The van der Waals surface area contributed by atoms with Gasteiger partial charge in [-0.3, -0.25) is 14.5 Å². The zero-order chi connectivity index (χ0) is 17.5. The number of aliphatic hydroxyl groups excluding tert-OH is 1. The van der Waals surface area contributed by atoms with E-state index in [1.165, 1.54) is 24.3 Å². The lowest BCUT2D eigenvalue weighted by Gasteiger charge is -2.38. The zero-order valence-electron chi connectivity index (χ0n) is 14.1. The Morgan fingerprint density at radius 2 is 1.75 bits per heavy atom. The second-order valence-corrected chi connectivity index (χ2v) is 6.09. The van der Waals surface area contributed by atoms with Crippen LogP contribution < -0.4 is 0 Å². The van der Waals surface area contributed by atoms with Crippen molar-refractivity contribution in [2.75, 3.05) is 32.8 Å². The molecule has 1 aromatic rings. The van der Waals surface area contributed by atoms with Crippen LogP contribution in [0, 0.1) is 5.82 Å². The number of amides is 1. The van der Waals surface area contributed by atoms with Crippen LogP contribution in [-0.4, -0.2) is 65.4 Å². The molecule has 1 amide bonds. The molecule has 1 aromatic carbocycles. The second kappa shape index (κ2) is 8.89. The number of ketones is 1. The van der Waals surface area contributed by atoms with Crippen LogP contribution in [0.25, 0.3) is 0 Å². The summed E-state index contributed by atoms with van der Waals surface area (Å²) in [5, 5.41) is 9.34. The normalized spacial score (nSPS) is 16.9. The molecule has 0 radical (unpaired) electrons. The highest BCUT2D eigenvalue weighted by atomic mass is 19.1. The molecule has 0 bridgehead atoms. The van der Waals surface area contributed by atoms with E-state index in [2.05, 4.69) is 4.90 Å². The molecular formula is C18H25FN2O3. The SMILES string of the molecule is CCC(CO)N1CCN(C(=O)CCC(=O)c2ccc(F)cc2)CC1. The number of hydrogen-bond donors (Lipinski definition) is 1. The minimum atomic E-state index is -0.381. The van der Waals surface area contributed by atoms with Crippen LogP contribution in [0.15, 0.2) is 24.3 Å². The number of aliphatic hydroxyl groups is 1. The Hall–Kier alpha value is -1.79. The summed E-state index contributed by atoms with van der Waals surface area (Å²) in [4.78, 5) is 28.3. The molecule has 0 aromatic heterocycles. The van der Waals surface area contributed by atoms with Crippen molar-refractivity contribution in [1.29, 1.82) is 0 Å². The van der Waals surface area contributed by atoms with E-state index in [-0.39, 0.29) is 43.0 Å². The molecule has 1 saturated heterocycles. The van der Waals surface area contributed by atoms with Crippen LogP contribution in [0.3, 0.4) is 0 Å². The van der Waals surface area contributed by atoms with Gasteiger partial charge in [0, 0.05) is 50.6 Å². The van der Waals surface area contributed by atoms with Crippen LogP contribution in [-0.2, 0) is 4.79 Å². The van der Waals surface area contributed by atoms with E-state index in [9.17, 15) is 19.1 Å². The first kappa shape index (κ1) is 18.5. The minimum Gasteiger partial charge on any atom is -0.395 e. The Kier molecular flexibility index (Phi) is 6.87. The third-order valence-corrected chi connectivity index (χ3v) is 4.60. The van der Waals surface area contributed by atoms with Gasteiger partial charge in [0.2, 0.25) is 5.91 Å². The molecule has 1 atom stereocenters. The molecule has 0 aliphatic carbocycles. The van der Waals surface area contributed by atoms with E-state index in [0.717, 1.165) is 19.5 Å². The van der Waals surface area contributed by atoms with Gasteiger partial charge in [0.05, 0.1) is 6.61 Å². The van der Waals surface area contributed by atoms with E-state index in [1.54, 1.807) is 4.90 Å². The molecule has 1 unspecified atom stereocenters. The maximum absolute atomic E-state index is 12.9. The van der Waals surface area contributed by atoms with Gasteiger partial charge < -0.3 is 10.0 Å². The molecule has 2 rings (SSSR count). The smallest absolute Gasteiger partial charge is 0.223 e. The third-order valence-electron chi connectivity index (χ3n) is 4.60. The summed E-state index contributed by atoms with van der Waals surface area (Å²) in [6.45, 7) is 4.92. The molecule has 6 heteroatoms.